The molecule has 0 aromatic heterocycles. The molecule has 0 aromatic carbocycles. The highest BCUT2D eigenvalue weighted by Crippen LogP contribution is 2.25. The molecule has 0 bridgehead atoms. The van der Waals surface area contributed by atoms with Crippen molar-refractivity contribution >= 4 is 23.2 Å². The van der Waals surface area contributed by atoms with Crippen LogP contribution in [0, 0.1) is 16.0 Å². The third kappa shape index (κ3) is 2.36. The maximum absolute atomic E-state index is 10.7. The van der Waals surface area contributed by atoms with E-state index in [0.29, 0.717) is 10.6 Å². The van der Waals surface area contributed by atoms with Crippen molar-refractivity contribution in [2.45, 2.75) is 6.92 Å². The number of rotatable bonds is 2. The molecule has 0 radical (unpaired) electrons. The Morgan fingerprint density at radius 1 is 1.64 bits per heavy atom. The second-order valence-corrected chi connectivity index (χ2v) is 3.66. The SMILES string of the molecule is CC1C=CC(Cl)=C(CCl)C=C1[N+](=O)[O-]. The van der Waals surface area contributed by atoms with Crippen molar-refractivity contribution in [3.63, 3.8) is 0 Å². The van der Waals surface area contributed by atoms with Gasteiger partial charge in [-0.1, -0.05) is 17.7 Å². The standard InChI is InChI=1S/C9H9Cl2NO2/c1-6-2-3-8(11)7(5-10)4-9(6)12(13)14/h2-4,6H,5H2,1H3. The molecule has 1 rings (SSSR count). The van der Waals surface area contributed by atoms with Crippen LogP contribution in [-0.2, 0) is 0 Å². The summed E-state index contributed by atoms with van der Waals surface area (Å²) in [6.07, 6.45) is 4.79. The van der Waals surface area contributed by atoms with Gasteiger partial charge in [0.2, 0.25) is 0 Å². The molecule has 0 aliphatic heterocycles. The second kappa shape index (κ2) is 4.62. The molecule has 0 amide bonds. The Balaban J connectivity index is 3.17. The highest BCUT2D eigenvalue weighted by molar-refractivity contribution is 6.32. The Morgan fingerprint density at radius 2 is 2.29 bits per heavy atom. The summed E-state index contributed by atoms with van der Waals surface area (Å²) in [5, 5.41) is 11.1. The van der Waals surface area contributed by atoms with Gasteiger partial charge in [0.1, 0.15) is 0 Å². The van der Waals surface area contributed by atoms with Gasteiger partial charge in [-0.3, -0.25) is 10.1 Å². The van der Waals surface area contributed by atoms with Crippen molar-refractivity contribution in [2.75, 3.05) is 5.88 Å². The van der Waals surface area contributed by atoms with E-state index < -0.39 is 4.92 Å². The van der Waals surface area contributed by atoms with E-state index in [1.54, 1.807) is 19.1 Å². The highest BCUT2D eigenvalue weighted by atomic mass is 35.5. The average molecular weight is 234 g/mol. The van der Waals surface area contributed by atoms with E-state index in [2.05, 4.69) is 0 Å². The number of hydrogen-bond acceptors (Lipinski definition) is 2. The molecule has 0 aromatic rings. The first kappa shape index (κ1) is 11.3. The minimum atomic E-state index is -0.406. The number of nitro groups is 1. The van der Waals surface area contributed by atoms with E-state index in [4.69, 9.17) is 23.2 Å². The van der Waals surface area contributed by atoms with Crippen LogP contribution in [0.5, 0.6) is 0 Å². The smallest absolute Gasteiger partial charge is 0.253 e. The molecule has 0 heterocycles. The Kier molecular flexibility index (Phi) is 3.72. The third-order valence-electron chi connectivity index (χ3n) is 1.98. The van der Waals surface area contributed by atoms with E-state index in [-0.39, 0.29) is 17.5 Å². The van der Waals surface area contributed by atoms with Crippen LogP contribution in [0.2, 0.25) is 0 Å². The Morgan fingerprint density at radius 3 is 2.79 bits per heavy atom. The molecule has 5 heteroatoms. The Labute approximate surface area is 91.8 Å². The minimum Gasteiger partial charge on any atom is -0.259 e. The van der Waals surface area contributed by atoms with Crippen molar-refractivity contribution in [3.05, 3.63) is 44.6 Å². The van der Waals surface area contributed by atoms with Gasteiger partial charge in [0.15, 0.2) is 0 Å². The van der Waals surface area contributed by atoms with Crippen LogP contribution in [0.15, 0.2) is 34.5 Å². The van der Waals surface area contributed by atoms with E-state index in [9.17, 15) is 10.1 Å². The maximum Gasteiger partial charge on any atom is 0.253 e. The summed E-state index contributed by atoms with van der Waals surface area (Å²) in [5.41, 5.74) is 0.702. The van der Waals surface area contributed by atoms with Gasteiger partial charge in [-0.2, -0.15) is 0 Å². The fraction of sp³-hybridized carbons (Fsp3) is 0.333. The van der Waals surface area contributed by atoms with E-state index in [1.165, 1.54) is 6.08 Å². The zero-order valence-corrected chi connectivity index (χ0v) is 9.05. The summed E-state index contributed by atoms with van der Waals surface area (Å²) < 4.78 is 0. The summed E-state index contributed by atoms with van der Waals surface area (Å²) in [7, 11) is 0. The lowest BCUT2D eigenvalue weighted by molar-refractivity contribution is -0.431. The monoisotopic (exact) mass is 233 g/mol. The van der Waals surface area contributed by atoms with Crippen molar-refractivity contribution in [1.29, 1.82) is 0 Å². The topological polar surface area (TPSA) is 43.1 Å². The first-order valence-corrected chi connectivity index (χ1v) is 4.96. The number of halogens is 2. The van der Waals surface area contributed by atoms with Crippen LogP contribution in [-0.4, -0.2) is 10.8 Å². The summed E-state index contributed by atoms with van der Waals surface area (Å²) in [6.45, 7) is 1.74. The Bertz CT molecular complexity index is 345. The molecule has 1 aliphatic carbocycles. The van der Waals surface area contributed by atoms with Crippen LogP contribution in [0.3, 0.4) is 0 Å². The molecular formula is C9H9Cl2NO2. The van der Waals surface area contributed by atoms with Crippen LogP contribution >= 0.6 is 23.2 Å². The van der Waals surface area contributed by atoms with Gasteiger partial charge in [-0.25, -0.2) is 0 Å². The molecule has 1 aliphatic rings. The van der Waals surface area contributed by atoms with Gasteiger partial charge in [0, 0.05) is 17.0 Å². The Hall–Kier alpha value is -0.800. The molecule has 0 fully saturated rings. The molecule has 0 N–H and O–H groups in total. The first-order chi connectivity index (χ1) is 6.56. The third-order valence-corrected chi connectivity index (χ3v) is 2.64. The zero-order chi connectivity index (χ0) is 10.7. The molecular weight excluding hydrogens is 225 g/mol. The molecule has 76 valence electrons. The van der Waals surface area contributed by atoms with Crippen molar-refractivity contribution in [1.82, 2.24) is 0 Å². The normalized spacial score (nSPS) is 21.9. The van der Waals surface area contributed by atoms with Crippen molar-refractivity contribution in [2.24, 2.45) is 5.92 Å². The molecule has 14 heavy (non-hydrogen) atoms. The largest absolute Gasteiger partial charge is 0.259 e. The van der Waals surface area contributed by atoms with Gasteiger partial charge in [-0.15, -0.1) is 11.6 Å². The van der Waals surface area contributed by atoms with E-state index >= 15 is 0 Å². The summed E-state index contributed by atoms with van der Waals surface area (Å²) in [4.78, 5) is 10.3. The number of nitrogens with zero attached hydrogens (tertiary/aromatic N) is 1. The lowest BCUT2D eigenvalue weighted by atomic mass is 10.1. The fourth-order valence-corrected chi connectivity index (χ4v) is 1.62. The van der Waals surface area contributed by atoms with Crippen molar-refractivity contribution < 1.29 is 4.92 Å². The van der Waals surface area contributed by atoms with E-state index in [1.807, 2.05) is 0 Å². The lowest BCUT2D eigenvalue weighted by Crippen LogP contribution is -2.06. The van der Waals surface area contributed by atoms with Gasteiger partial charge in [-0.05, 0) is 18.6 Å². The number of hydrogen-bond donors (Lipinski definition) is 0. The van der Waals surface area contributed by atoms with Crippen molar-refractivity contribution in [3.8, 4) is 0 Å². The molecule has 1 atom stereocenters. The summed E-state index contributed by atoms with van der Waals surface area (Å²) >= 11 is 11.5. The average Bonchev–Trinajstić information content (AvgIpc) is 2.27. The zero-order valence-electron chi connectivity index (χ0n) is 7.54. The minimum absolute atomic E-state index is 0.118. The van der Waals surface area contributed by atoms with Crippen LogP contribution in [0.25, 0.3) is 0 Å². The lowest BCUT2D eigenvalue weighted by Gasteiger charge is -2.01. The van der Waals surface area contributed by atoms with Crippen LogP contribution in [0.4, 0.5) is 0 Å². The van der Waals surface area contributed by atoms with Gasteiger partial charge in [0.25, 0.3) is 5.70 Å². The van der Waals surface area contributed by atoms with Gasteiger partial charge < -0.3 is 0 Å². The molecule has 0 saturated heterocycles. The molecule has 3 nitrogen and oxygen atoms in total. The molecule has 0 spiro atoms. The van der Waals surface area contributed by atoms with Crippen LogP contribution < -0.4 is 0 Å². The van der Waals surface area contributed by atoms with Gasteiger partial charge >= 0.3 is 0 Å². The second-order valence-electron chi connectivity index (χ2n) is 2.98. The van der Waals surface area contributed by atoms with E-state index in [0.717, 1.165) is 0 Å². The predicted octanol–water partition coefficient (Wildman–Crippen LogP) is 3.08. The summed E-state index contributed by atoms with van der Waals surface area (Å²) in [5.74, 6) is -0.0767. The number of allylic oxidation sites excluding steroid dienone is 5. The molecule has 0 saturated carbocycles. The quantitative estimate of drug-likeness (QED) is 0.418. The highest BCUT2D eigenvalue weighted by Gasteiger charge is 2.21. The number of alkyl halides is 1. The van der Waals surface area contributed by atoms with Crippen LogP contribution in [0.1, 0.15) is 6.92 Å². The summed E-state index contributed by atoms with van der Waals surface area (Å²) in [6, 6.07) is 0. The van der Waals surface area contributed by atoms with Gasteiger partial charge in [0.05, 0.1) is 10.8 Å². The first-order valence-electron chi connectivity index (χ1n) is 4.05. The molecule has 1 unspecified atom stereocenters. The maximum atomic E-state index is 10.7. The predicted molar refractivity (Wildman–Crippen MR) is 57.0 cm³/mol. The fourth-order valence-electron chi connectivity index (χ4n) is 1.13.